The smallest absolute Gasteiger partial charge is 0.327 e. The molecule has 2 fully saturated rings. The van der Waals surface area contributed by atoms with Crippen molar-refractivity contribution < 1.29 is 14.7 Å². The average Bonchev–Trinajstić information content (AvgIpc) is 2.97. The monoisotopic (exact) mass is 501 g/mol. The Hall–Kier alpha value is -3.62. The lowest BCUT2D eigenvalue weighted by atomic mass is 9.96. The van der Waals surface area contributed by atoms with Gasteiger partial charge in [0.05, 0.1) is 7.11 Å². The van der Waals surface area contributed by atoms with Crippen LogP contribution in [0.3, 0.4) is 0 Å². The van der Waals surface area contributed by atoms with Crippen molar-refractivity contribution in [2.24, 2.45) is 10.9 Å². The molecule has 0 radical (unpaired) electrons. The van der Waals surface area contributed by atoms with E-state index < -0.39 is 0 Å². The van der Waals surface area contributed by atoms with Crippen molar-refractivity contribution in [3.8, 4) is 0 Å². The van der Waals surface area contributed by atoms with Gasteiger partial charge in [0.2, 0.25) is 0 Å². The summed E-state index contributed by atoms with van der Waals surface area (Å²) in [7, 11) is 1.48. The number of carbonyl (C=O) groups is 1. The Kier molecular flexibility index (Phi) is 7.58. The molecule has 3 aromatic carbocycles. The molecule has 0 saturated carbocycles. The number of ether oxygens (including phenoxy) is 1. The molecular formula is C29H35N5O3. The van der Waals surface area contributed by atoms with Crippen molar-refractivity contribution in [3.05, 3.63) is 77.9 Å². The number of nitrogens with zero attached hydrogens (tertiary/aromatic N) is 4. The second-order valence-electron chi connectivity index (χ2n) is 9.85. The summed E-state index contributed by atoms with van der Waals surface area (Å²) in [5.74, 6) is -0.0712. The number of amidine groups is 1. The number of oxime groups is 1. The topological polar surface area (TPSA) is 94.6 Å². The fourth-order valence-corrected chi connectivity index (χ4v) is 5.74. The first-order valence-electron chi connectivity index (χ1n) is 12.9. The highest BCUT2D eigenvalue weighted by molar-refractivity contribution is 5.97. The molecule has 3 N–H and O–H groups in total. The quantitative estimate of drug-likeness (QED) is 0.176. The van der Waals surface area contributed by atoms with E-state index in [2.05, 4.69) is 50.2 Å². The molecule has 2 saturated heterocycles. The first-order valence-corrected chi connectivity index (χ1v) is 12.9. The summed E-state index contributed by atoms with van der Waals surface area (Å²) < 4.78 is 5.23. The SMILES string of the molecule is COC(=O)C(c1ccc2ccccc2c1)N1CCC(N2CCN(c3ccc(C(N)=NO)cc3)CC2)CC1. The first-order chi connectivity index (χ1) is 18.1. The largest absolute Gasteiger partial charge is 0.468 e. The van der Waals surface area contributed by atoms with E-state index in [1.54, 1.807) is 0 Å². The van der Waals surface area contributed by atoms with E-state index in [0.29, 0.717) is 11.6 Å². The van der Waals surface area contributed by atoms with E-state index in [0.717, 1.165) is 68.7 Å². The summed E-state index contributed by atoms with van der Waals surface area (Å²) in [6.07, 6.45) is 2.07. The molecule has 37 heavy (non-hydrogen) atoms. The number of hydrogen-bond donors (Lipinski definition) is 2. The third-order valence-electron chi connectivity index (χ3n) is 7.84. The van der Waals surface area contributed by atoms with Crippen LogP contribution in [0.15, 0.2) is 71.9 Å². The van der Waals surface area contributed by atoms with Crippen molar-refractivity contribution in [1.29, 1.82) is 0 Å². The fraction of sp³-hybridized carbons (Fsp3) is 0.379. The third-order valence-corrected chi connectivity index (χ3v) is 7.84. The van der Waals surface area contributed by atoms with Crippen LogP contribution >= 0.6 is 0 Å². The first kappa shape index (κ1) is 25.0. The summed E-state index contributed by atoms with van der Waals surface area (Å²) in [5, 5.41) is 14.2. The maximum Gasteiger partial charge on any atom is 0.327 e. The summed E-state index contributed by atoms with van der Waals surface area (Å²) in [5.41, 5.74) is 8.54. The highest BCUT2D eigenvalue weighted by Gasteiger charge is 2.34. The van der Waals surface area contributed by atoms with Gasteiger partial charge >= 0.3 is 5.97 Å². The number of likely N-dealkylation sites (tertiary alicyclic amines) is 1. The Morgan fingerprint density at radius 2 is 1.62 bits per heavy atom. The molecule has 1 unspecified atom stereocenters. The normalized spacial score (nSPS) is 19.2. The zero-order chi connectivity index (χ0) is 25.8. The minimum absolute atomic E-state index is 0.123. The van der Waals surface area contributed by atoms with Crippen molar-refractivity contribution in [2.45, 2.75) is 24.9 Å². The Morgan fingerprint density at radius 3 is 2.27 bits per heavy atom. The van der Waals surface area contributed by atoms with Crippen molar-refractivity contribution >= 4 is 28.3 Å². The zero-order valence-electron chi connectivity index (χ0n) is 21.3. The van der Waals surface area contributed by atoms with Gasteiger partial charge in [-0.3, -0.25) is 9.80 Å². The van der Waals surface area contributed by atoms with Gasteiger partial charge in [-0.15, -0.1) is 0 Å². The second-order valence-corrected chi connectivity index (χ2v) is 9.85. The van der Waals surface area contributed by atoms with Crippen molar-refractivity contribution in [2.75, 3.05) is 51.3 Å². The van der Waals surface area contributed by atoms with Gasteiger partial charge in [0.1, 0.15) is 6.04 Å². The van der Waals surface area contributed by atoms with Crippen molar-refractivity contribution in [1.82, 2.24) is 9.80 Å². The third kappa shape index (κ3) is 5.40. The molecule has 2 aliphatic rings. The van der Waals surface area contributed by atoms with Gasteiger partial charge in [0, 0.05) is 56.6 Å². The lowest BCUT2D eigenvalue weighted by Gasteiger charge is -2.44. The van der Waals surface area contributed by atoms with Crippen LogP contribution in [0, 0.1) is 0 Å². The Balaban J connectivity index is 1.19. The Labute approximate surface area is 217 Å². The maximum atomic E-state index is 12.9. The lowest BCUT2D eigenvalue weighted by molar-refractivity contribution is -0.148. The molecule has 2 heterocycles. The lowest BCUT2D eigenvalue weighted by Crippen LogP contribution is -2.54. The Bertz CT molecular complexity index is 1250. The predicted octanol–water partition coefficient (Wildman–Crippen LogP) is 3.44. The second kappa shape index (κ2) is 11.2. The average molecular weight is 502 g/mol. The molecular weight excluding hydrogens is 466 g/mol. The zero-order valence-corrected chi connectivity index (χ0v) is 21.3. The molecule has 0 aromatic heterocycles. The number of carbonyl (C=O) groups excluding carboxylic acids is 1. The maximum absolute atomic E-state index is 12.9. The molecule has 3 aromatic rings. The number of fused-ring (bicyclic) bond motifs is 1. The number of esters is 1. The van der Waals surface area contributed by atoms with Crippen LogP contribution in [0.1, 0.15) is 30.0 Å². The number of piperazine rings is 1. The number of nitrogens with two attached hydrogens (primary N) is 1. The van der Waals surface area contributed by atoms with Gasteiger partial charge in [-0.2, -0.15) is 0 Å². The van der Waals surface area contributed by atoms with Gasteiger partial charge < -0.3 is 20.6 Å². The van der Waals surface area contributed by atoms with Gasteiger partial charge in [-0.1, -0.05) is 41.6 Å². The molecule has 5 rings (SSSR count). The molecule has 0 amide bonds. The van der Waals surface area contributed by atoms with E-state index in [1.807, 2.05) is 36.4 Å². The van der Waals surface area contributed by atoms with Crippen LogP contribution in [0.4, 0.5) is 5.69 Å². The fourth-order valence-electron chi connectivity index (χ4n) is 5.74. The van der Waals surface area contributed by atoms with Gasteiger partial charge in [0.15, 0.2) is 5.84 Å². The minimum atomic E-state index is -0.375. The molecule has 0 spiro atoms. The molecule has 0 aliphatic carbocycles. The molecule has 8 nitrogen and oxygen atoms in total. The van der Waals surface area contributed by atoms with Crippen LogP contribution < -0.4 is 10.6 Å². The highest BCUT2D eigenvalue weighted by atomic mass is 16.5. The van der Waals surface area contributed by atoms with E-state index in [9.17, 15) is 4.79 Å². The van der Waals surface area contributed by atoms with E-state index in [1.165, 1.54) is 12.5 Å². The van der Waals surface area contributed by atoms with Crippen LogP contribution in [0.5, 0.6) is 0 Å². The molecule has 8 heteroatoms. The number of piperidine rings is 1. The van der Waals surface area contributed by atoms with E-state index in [4.69, 9.17) is 15.7 Å². The number of rotatable bonds is 6. The Morgan fingerprint density at radius 1 is 0.946 bits per heavy atom. The highest BCUT2D eigenvalue weighted by Crippen LogP contribution is 2.30. The summed E-state index contributed by atoms with van der Waals surface area (Å²) in [6, 6.07) is 22.5. The van der Waals surface area contributed by atoms with Gasteiger partial charge in [-0.05, 0) is 59.5 Å². The van der Waals surface area contributed by atoms with E-state index >= 15 is 0 Å². The summed E-state index contributed by atoms with van der Waals surface area (Å²) in [6.45, 7) is 5.69. The number of benzene rings is 3. The minimum Gasteiger partial charge on any atom is -0.468 e. The molecule has 1 atom stereocenters. The van der Waals surface area contributed by atoms with Crippen LogP contribution in [-0.4, -0.2) is 79.2 Å². The molecule has 2 aliphatic heterocycles. The van der Waals surface area contributed by atoms with Crippen molar-refractivity contribution in [3.63, 3.8) is 0 Å². The number of anilines is 1. The standard InChI is InChI=1S/C29H35N5O3/c1-37-29(35)27(24-7-6-21-4-2-3-5-23(21)20-24)34-14-12-26(13-15-34)33-18-16-32(17-19-33)25-10-8-22(9-11-25)28(30)31-36/h2-11,20,26-27,36H,12-19H2,1H3,(H2,30,31). The summed E-state index contributed by atoms with van der Waals surface area (Å²) in [4.78, 5) is 20.1. The van der Waals surface area contributed by atoms with Gasteiger partial charge in [-0.25, -0.2) is 4.79 Å². The number of hydrogen-bond acceptors (Lipinski definition) is 7. The predicted molar refractivity (Wildman–Crippen MR) is 146 cm³/mol. The van der Waals surface area contributed by atoms with E-state index in [-0.39, 0.29) is 17.8 Å². The van der Waals surface area contributed by atoms with Crippen LogP contribution in [0.2, 0.25) is 0 Å². The summed E-state index contributed by atoms with van der Waals surface area (Å²) >= 11 is 0. The number of methoxy groups -OCH3 is 1. The molecule has 194 valence electrons. The van der Waals surface area contributed by atoms with Gasteiger partial charge in [0.25, 0.3) is 0 Å². The van der Waals surface area contributed by atoms with Crippen LogP contribution in [0.25, 0.3) is 10.8 Å². The molecule has 0 bridgehead atoms. The van der Waals surface area contributed by atoms with Crippen LogP contribution in [-0.2, 0) is 9.53 Å².